The monoisotopic (exact) mass is 460 g/mol. The first-order valence-electron chi connectivity index (χ1n) is 12.6. The first kappa shape index (κ1) is 24.3. The van der Waals surface area contributed by atoms with Gasteiger partial charge in [-0.1, -0.05) is 105 Å². The summed E-state index contributed by atoms with van der Waals surface area (Å²) in [5, 5.41) is 9.68. The second kappa shape index (κ2) is 12.1. The van der Waals surface area contributed by atoms with E-state index in [4.69, 9.17) is 0 Å². The molecule has 0 saturated carbocycles. The number of nitrogens with one attached hydrogen (secondary N) is 2. The standard InChI is InChI=1S/C33H36N2/c1-3-24-35-31-22-21-28-17-11-12-20-30(28)32(31)33(2,26-27-15-7-4-8-16-27)23-13-6-14-25-34-29-18-9-5-10-19-29/h4-22,25,34-35H,3,23-24,26H2,1-2H3/b13-6+,25-14+. The third-order valence-corrected chi connectivity index (χ3v) is 6.47. The highest BCUT2D eigenvalue weighted by Crippen LogP contribution is 2.41. The Morgan fingerprint density at radius 3 is 2.26 bits per heavy atom. The molecule has 178 valence electrons. The van der Waals surface area contributed by atoms with Crippen LogP contribution in [0.5, 0.6) is 0 Å². The minimum absolute atomic E-state index is 0.0739. The molecule has 0 spiro atoms. The van der Waals surface area contributed by atoms with Gasteiger partial charge in [0.2, 0.25) is 0 Å². The zero-order valence-corrected chi connectivity index (χ0v) is 20.9. The Balaban J connectivity index is 1.66. The van der Waals surface area contributed by atoms with Crippen molar-refractivity contribution < 1.29 is 0 Å². The van der Waals surface area contributed by atoms with Crippen molar-refractivity contribution >= 4 is 22.1 Å². The van der Waals surface area contributed by atoms with Crippen LogP contribution >= 0.6 is 0 Å². The maximum atomic E-state index is 3.73. The van der Waals surface area contributed by atoms with E-state index >= 15 is 0 Å². The lowest BCUT2D eigenvalue weighted by atomic mass is 9.72. The van der Waals surface area contributed by atoms with E-state index in [0.29, 0.717) is 0 Å². The van der Waals surface area contributed by atoms with Gasteiger partial charge in [0.05, 0.1) is 0 Å². The Hall–Kier alpha value is -3.78. The van der Waals surface area contributed by atoms with E-state index in [1.165, 1.54) is 27.6 Å². The molecule has 35 heavy (non-hydrogen) atoms. The van der Waals surface area contributed by atoms with E-state index in [0.717, 1.165) is 31.5 Å². The molecule has 0 amide bonds. The Labute approximate surface area is 210 Å². The average Bonchev–Trinajstić information content (AvgIpc) is 2.90. The van der Waals surface area contributed by atoms with E-state index in [2.05, 4.69) is 122 Å². The average molecular weight is 461 g/mol. The molecule has 0 radical (unpaired) electrons. The van der Waals surface area contributed by atoms with Gasteiger partial charge in [0, 0.05) is 29.5 Å². The summed E-state index contributed by atoms with van der Waals surface area (Å²) in [4.78, 5) is 0. The first-order chi connectivity index (χ1) is 17.2. The molecular formula is C33H36N2. The molecule has 4 aromatic carbocycles. The maximum Gasteiger partial charge on any atom is 0.0385 e. The first-order valence-corrected chi connectivity index (χ1v) is 12.6. The molecule has 0 aromatic heterocycles. The lowest BCUT2D eigenvalue weighted by Gasteiger charge is -2.33. The summed E-state index contributed by atoms with van der Waals surface area (Å²) < 4.78 is 0. The van der Waals surface area contributed by atoms with Gasteiger partial charge in [-0.25, -0.2) is 0 Å². The van der Waals surface area contributed by atoms with Crippen LogP contribution in [0, 0.1) is 0 Å². The summed E-state index contributed by atoms with van der Waals surface area (Å²) in [6, 6.07) is 34.4. The highest BCUT2D eigenvalue weighted by atomic mass is 14.9. The molecule has 0 saturated heterocycles. The summed E-state index contributed by atoms with van der Waals surface area (Å²) in [7, 11) is 0. The molecule has 4 rings (SSSR count). The van der Waals surface area contributed by atoms with Crippen molar-refractivity contribution in [3.63, 3.8) is 0 Å². The number of allylic oxidation sites excluding steroid dienone is 3. The largest absolute Gasteiger partial charge is 0.385 e. The maximum absolute atomic E-state index is 3.73. The van der Waals surface area contributed by atoms with Gasteiger partial charge in [0.1, 0.15) is 0 Å². The molecule has 0 aliphatic rings. The fourth-order valence-corrected chi connectivity index (χ4v) is 4.78. The van der Waals surface area contributed by atoms with Gasteiger partial charge >= 0.3 is 0 Å². The molecule has 0 fully saturated rings. The normalized spacial score (nSPS) is 13.3. The van der Waals surface area contributed by atoms with Gasteiger partial charge in [0.15, 0.2) is 0 Å². The highest BCUT2D eigenvalue weighted by Gasteiger charge is 2.30. The fraction of sp³-hybridized carbons (Fsp3) is 0.212. The van der Waals surface area contributed by atoms with Crippen molar-refractivity contribution in [3.8, 4) is 0 Å². The number of hydrogen-bond donors (Lipinski definition) is 2. The van der Waals surface area contributed by atoms with Crippen LogP contribution in [0.25, 0.3) is 10.8 Å². The zero-order valence-electron chi connectivity index (χ0n) is 20.9. The molecule has 0 heterocycles. The van der Waals surface area contributed by atoms with Crippen molar-refractivity contribution in [2.75, 3.05) is 17.2 Å². The second-order valence-corrected chi connectivity index (χ2v) is 9.36. The number of hydrogen-bond acceptors (Lipinski definition) is 2. The highest BCUT2D eigenvalue weighted by molar-refractivity contribution is 5.91. The van der Waals surface area contributed by atoms with E-state index in [9.17, 15) is 0 Å². The summed E-state index contributed by atoms with van der Waals surface area (Å²) in [5.41, 5.74) is 5.03. The van der Waals surface area contributed by atoms with E-state index in [-0.39, 0.29) is 5.41 Å². The van der Waals surface area contributed by atoms with Crippen molar-refractivity contribution in [2.45, 2.75) is 38.5 Å². The molecule has 1 unspecified atom stereocenters. The number of anilines is 2. The van der Waals surface area contributed by atoms with Crippen LogP contribution in [-0.2, 0) is 11.8 Å². The molecule has 4 aromatic rings. The molecule has 0 aliphatic carbocycles. The Morgan fingerprint density at radius 2 is 1.49 bits per heavy atom. The SMILES string of the molecule is CCCNc1ccc2ccccc2c1C(C)(C/C=C/C=C/Nc1ccccc1)Cc1ccccc1. The van der Waals surface area contributed by atoms with Gasteiger partial charge in [-0.05, 0) is 65.4 Å². The van der Waals surface area contributed by atoms with Crippen LogP contribution in [0.3, 0.4) is 0 Å². The van der Waals surface area contributed by atoms with Crippen LogP contribution < -0.4 is 10.6 Å². The molecular weight excluding hydrogens is 424 g/mol. The van der Waals surface area contributed by atoms with Gasteiger partial charge in [-0.3, -0.25) is 0 Å². The lowest BCUT2D eigenvalue weighted by molar-refractivity contribution is 0.480. The predicted octanol–water partition coefficient (Wildman–Crippen LogP) is 8.73. The van der Waals surface area contributed by atoms with Gasteiger partial charge < -0.3 is 10.6 Å². The van der Waals surface area contributed by atoms with Crippen LogP contribution in [0.15, 0.2) is 121 Å². The molecule has 0 bridgehead atoms. The number of para-hydroxylation sites is 1. The summed E-state index contributed by atoms with van der Waals surface area (Å²) in [6.45, 7) is 5.60. The Morgan fingerprint density at radius 1 is 0.771 bits per heavy atom. The van der Waals surface area contributed by atoms with Gasteiger partial charge in [0.25, 0.3) is 0 Å². The van der Waals surface area contributed by atoms with E-state index in [1.807, 2.05) is 24.4 Å². The summed E-state index contributed by atoms with van der Waals surface area (Å²) in [6.07, 6.45) is 11.5. The minimum Gasteiger partial charge on any atom is -0.385 e. The van der Waals surface area contributed by atoms with Crippen molar-refractivity contribution in [3.05, 3.63) is 133 Å². The minimum atomic E-state index is -0.0739. The van der Waals surface area contributed by atoms with Crippen LogP contribution in [0.1, 0.15) is 37.8 Å². The molecule has 0 aliphatic heterocycles. The van der Waals surface area contributed by atoms with E-state index in [1.54, 1.807) is 0 Å². The quantitative estimate of drug-likeness (QED) is 0.219. The van der Waals surface area contributed by atoms with Crippen molar-refractivity contribution in [1.29, 1.82) is 0 Å². The predicted molar refractivity (Wildman–Crippen MR) is 153 cm³/mol. The van der Waals surface area contributed by atoms with Gasteiger partial charge in [-0.2, -0.15) is 0 Å². The smallest absolute Gasteiger partial charge is 0.0385 e. The number of fused-ring (bicyclic) bond motifs is 1. The summed E-state index contributed by atoms with van der Waals surface area (Å²) in [5.74, 6) is 0. The second-order valence-electron chi connectivity index (χ2n) is 9.36. The molecule has 2 heteroatoms. The van der Waals surface area contributed by atoms with Crippen LogP contribution in [0.4, 0.5) is 11.4 Å². The third-order valence-electron chi connectivity index (χ3n) is 6.47. The molecule has 1 atom stereocenters. The fourth-order valence-electron chi connectivity index (χ4n) is 4.78. The third kappa shape index (κ3) is 6.42. The topological polar surface area (TPSA) is 24.1 Å². The molecule has 2 nitrogen and oxygen atoms in total. The Bertz CT molecular complexity index is 1260. The number of benzene rings is 4. The lowest BCUT2D eigenvalue weighted by Crippen LogP contribution is -2.26. The van der Waals surface area contributed by atoms with Gasteiger partial charge in [-0.15, -0.1) is 0 Å². The zero-order chi connectivity index (χ0) is 24.3. The Kier molecular flexibility index (Phi) is 8.40. The van der Waals surface area contributed by atoms with Crippen LogP contribution in [0.2, 0.25) is 0 Å². The summed E-state index contributed by atoms with van der Waals surface area (Å²) >= 11 is 0. The van der Waals surface area contributed by atoms with E-state index < -0.39 is 0 Å². The number of rotatable bonds is 11. The van der Waals surface area contributed by atoms with Crippen LogP contribution in [-0.4, -0.2) is 6.54 Å². The van der Waals surface area contributed by atoms with Crippen molar-refractivity contribution in [1.82, 2.24) is 0 Å². The van der Waals surface area contributed by atoms with Crippen molar-refractivity contribution in [2.24, 2.45) is 0 Å². The molecule has 2 N–H and O–H groups in total.